The number of nitrogen functional groups attached to an aromatic ring is 1. The van der Waals surface area contributed by atoms with Gasteiger partial charge in [-0.2, -0.15) is 0 Å². The molecule has 0 atom stereocenters. The molecule has 2 aromatic rings. The van der Waals surface area contributed by atoms with Crippen molar-refractivity contribution in [3.8, 4) is 5.75 Å². The van der Waals surface area contributed by atoms with Crippen LogP contribution in [0.2, 0.25) is 0 Å². The molecule has 0 unspecified atom stereocenters. The molecule has 1 amide bonds. The normalized spacial score (nSPS) is 10.4. The smallest absolute Gasteiger partial charge is 0.224 e. The first kappa shape index (κ1) is 15.4. The number of anilines is 2. The Kier molecular flexibility index (Phi) is 5.22. The highest BCUT2D eigenvalue weighted by Crippen LogP contribution is 2.24. The van der Waals surface area contributed by atoms with E-state index in [1.165, 1.54) is 9.75 Å². The number of ether oxygens (including phenoxy) is 1. The maximum Gasteiger partial charge on any atom is 0.224 e. The minimum absolute atomic E-state index is 0.00726. The molecule has 4 nitrogen and oxygen atoms in total. The lowest BCUT2D eigenvalue weighted by Crippen LogP contribution is -2.11. The van der Waals surface area contributed by atoms with Crippen molar-refractivity contribution in [2.24, 2.45) is 0 Å². The van der Waals surface area contributed by atoms with Gasteiger partial charge in [0.1, 0.15) is 5.75 Å². The Bertz CT molecular complexity index is 622. The van der Waals surface area contributed by atoms with Crippen LogP contribution in [0.1, 0.15) is 22.6 Å². The molecule has 0 fully saturated rings. The van der Waals surface area contributed by atoms with Gasteiger partial charge < -0.3 is 15.8 Å². The highest BCUT2D eigenvalue weighted by Gasteiger charge is 2.06. The van der Waals surface area contributed by atoms with Gasteiger partial charge in [0.2, 0.25) is 5.91 Å². The molecule has 112 valence electrons. The molecule has 0 bridgehead atoms. The van der Waals surface area contributed by atoms with Crippen LogP contribution in [0, 0.1) is 6.92 Å². The zero-order valence-electron chi connectivity index (χ0n) is 12.3. The minimum Gasteiger partial charge on any atom is -0.495 e. The van der Waals surface area contributed by atoms with Crippen LogP contribution in [-0.2, 0) is 11.2 Å². The number of hydrogen-bond donors (Lipinski definition) is 2. The van der Waals surface area contributed by atoms with E-state index in [2.05, 4.69) is 24.4 Å². The van der Waals surface area contributed by atoms with Crippen molar-refractivity contribution in [1.82, 2.24) is 0 Å². The Morgan fingerprint density at radius 2 is 2.14 bits per heavy atom. The summed E-state index contributed by atoms with van der Waals surface area (Å²) in [4.78, 5) is 14.5. The van der Waals surface area contributed by atoms with E-state index in [0.717, 1.165) is 12.8 Å². The summed E-state index contributed by atoms with van der Waals surface area (Å²) in [5, 5.41) is 2.85. The maximum atomic E-state index is 11.9. The molecule has 5 heteroatoms. The van der Waals surface area contributed by atoms with E-state index in [1.54, 1.807) is 36.6 Å². The SMILES string of the molecule is COc1ccc(NC(=O)CCCc2ccc(C)s2)cc1N. The fourth-order valence-electron chi connectivity index (χ4n) is 2.08. The van der Waals surface area contributed by atoms with Crippen LogP contribution in [0.15, 0.2) is 30.3 Å². The van der Waals surface area contributed by atoms with Gasteiger partial charge in [-0.15, -0.1) is 11.3 Å². The Hall–Kier alpha value is -2.01. The van der Waals surface area contributed by atoms with Crippen LogP contribution in [-0.4, -0.2) is 13.0 Å². The highest BCUT2D eigenvalue weighted by molar-refractivity contribution is 7.11. The third kappa shape index (κ3) is 4.49. The zero-order valence-corrected chi connectivity index (χ0v) is 13.1. The second-order valence-corrected chi connectivity index (χ2v) is 6.24. The minimum atomic E-state index is 0.00726. The summed E-state index contributed by atoms with van der Waals surface area (Å²) in [6.45, 7) is 2.09. The molecule has 0 saturated carbocycles. The van der Waals surface area contributed by atoms with Crippen molar-refractivity contribution in [3.63, 3.8) is 0 Å². The van der Waals surface area contributed by atoms with Crippen molar-refractivity contribution >= 4 is 28.6 Å². The standard InChI is InChI=1S/C16H20N2O2S/c1-11-6-8-13(21-11)4-3-5-16(19)18-12-7-9-15(20-2)14(17)10-12/h6-10H,3-5,17H2,1-2H3,(H,18,19). The maximum absolute atomic E-state index is 11.9. The molecule has 1 aromatic carbocycles. The summed E-state index contributed by atoms with van der Waals surface area (Å²) < 4.78 is 5.08. The molecule has 0 spiro atoms. The Labute approximate surface area is 128 Å². The van der Waals surface area contributed by atoms with Crippen LogP contribution in [0.4, 0.5) is 11.4 Å². The van der Waals surface area contributed by atoms with E-state index in [0.29, 0.717) is 23.5 Å². The average molecular weight is 304 g/mol. The summed E-state index contributed by atoms with van der Waals surface area (Å²) in [5.41, 5.74) is 7.03. The first-order valence-electron chi connectivity index (χ1n) is 6.87. The number of benzene rings is 1. The molecule has 0 radical (unpaired) electrons. The number of thiophene rings is 1. The van der Waals surface area contributed by atoms with Gasteiger partial charge in [-0.05, 0) is 50.1 Å². The Morgan fingerprint density at radius 3 is 2.76 bits per heavy atom. The first-order valence-corrected chi connectivity index (χ1v) is 7.69. The highest BCUT2D eigenvalue weighted by atomic mass is 32.1. The number of nitrogens with two attached hydrogens (primary N) is 1. The molecular formula is C16H20N2O2S. The van der Waals surface area contributed by atoms with E-state index >= 15 is 0 Å². The lowest BCUT2D eigenvalue weighted by Gasteiger charge is -2.08. The summed E-state index contributed by atoms with van der Waals surface area (Å²) in [6, 6.07) is 9.48. The zero-order chi connectivity index (χ0) is 15.2. The van der Waals surface area contributed by atoms with Crippen LogP contribution >= 0.6 is 11.3 Å². The van der Waals surface area contributed by atoms with Crippen LogP contribution < -0.4 is 15.8 Å². The van der Waals surface area contributed by atoms with E-state index in [-0.39, 0.29) is 5.91 Å². The fourth-order valence-corrected chi connectivity index (χ4v) is 3.01. The third-order valence-corrected chi connectivity index (χ3v) is 4.20. The van der Waals surface area contributed by atoms with Crippen molar-refractivity contribution < 1.29 is 9.53 Å². The van der Waals surface area contributed by atoms with E-state index < -0.39 is 0 Å². The van der Waals surface area contributed by atoms with E-state index in [1.807, 2.05) is 0 Å². The molecule has 0 saturated heterocycles. The molecular weight excluding hydrogens is 284 g/mol. The quantitative estimate of drug-likeness (QED) is 0.801. The molecule has 1 aromatic heterocycles. The molecule has 21 heavy (non-hydrogen) atoms. The number of methoxy groups -OCH3 is 1. The number of aryl methyl sites for hydroxylation is 2. The average Bonchev–Trinajstić information content (AvgIpc) is 2.84. The lowest BCUT2D eigenvalue weighted by molar-refractivity contribution is -0.116. The van der Waals surface area contributed by atoms with E-state index in [4.69, 9.17) is 10.5 Å². The van der Waals surface area contributed by atoms with Gasteiger partial charge in [-0.25, -0.2) is 0 Å². The number of amides is 1. The molecule has 3 N–H and O–H groups in total. The summed E-state index contributed by atoms with van der Waals surface area (Å²) in [7, 11) is 1.57. The number of carbonyl (C=O) groups is 1. The van der Waals surface area contributed by atoms with Crippen LogP contribution in [0.3, 0.4) is 0 Å². The molecule has 0 aliphatic rings. The van der Waals surface area contributed by atoms with Gasteiger partial charge in [0.15, 0.2) is 0 Å². The Balaban J connectivity index is 1.80. The molecule has 1 heterocycles. The van der Waals surface area contributed by atoms with Gasteiger partial charge in [0, 0.05) is 21.9 Å². The van der Waals surface area contributed by atoms with Gasteiger partial charge in [-0.1, -0.05) is 0 Å². The number of rotatable bonds is 6. The Morgan fingerprint density at radius 1 is 1.33 bits per heavy atom. The van der Waals surface area contributed by atoms with Gasteiger partial charge in [0.05, 0.1) is 12.8 Å². The van der Waals surface area contributed by atoms with Crippen molar-refractivity contribution in [1.29, 1.82) is 0 Å². The van der Waals surface area contributed by atoms with Crippen molar-refractivity contribution in [2.75, 3.05) is 18.2 Å². The number of carbonyl (C=O) groups excluding carboxylic acids is 1. The predicted octanol–water partition coefficient (Wildman–Crippen LogP) is 3.61. The molecule has 0 aliphatic heterocycles. The second kappa shape index (κ2) is 7.13. The van der Waals surface area contributed by atoms with Crippen molar-refractivity contribution in [3.05, 3.63) is 40.1 Å². The number of hydrogen-bond acceptors (Lipinski definition) is 4. The summed E-state index contributed by atoms with van der Waals surface area (Å²) >= 11 is 1.79. The number of nitrogens with one attached hydrogen (secondary N) is 1. The van der Waals surface area contributed by atoms with Crippen molar-refractivity contribution in [2.45, 2.75) is 26.2 Å². The van der Waals surface area contributed by atoms with Gasteiger partial charge in [0.25, 0.3) is 0 Å². The monoisotopic (exact) mass is 304 g/mol. The second-order valence-electron chi connectivity index (χ2n) is 4.87. The first-order chi connectivity index (χ1) is 10.1. The predicted molar refractivity (Wildman–Crippen MR) is 88.0 cm³/mol. The molecule has 2 rings (SSSR count). The van der Waals surface area contributed by atoms with Gasteiger partial charge in [-0.3, -0.25) is 4.79 Å². The topological polar surface area (TPSA) is 64.3 Å². The van der Waals surface area contributed by atoms with Crippen LogP contribution in [0.25, 0.3) is 0 Å². The van der Waals surface area contributed by atoms with E-state index in [9.17, 15) is 4.79 Å². The summed E-state index contributed by atoms with van der Waals surface area (Å²) in [5.74, 6) is 0.619. The van der Waals surface area contributed by atoms with Crippen LogP contribution in [0.5, 0.6) is 5.75 Å². The van der Waals surface area contributed by atoms with Gasteiger partial charge >= 0.3 is 0 Å². The fraction of sp³-hybridized carbons (Fsp3) is 0.312. The largest absolute Gasteiger partial charge is 0.495 e. The molecule has 0 aliphatic carbocycles. The summed E-state index contributed by atoms with van der Waals surface area (Å²) in [6.07, 6.45) is 2.29. The lowest BCUT2D eigenvalue weighted by atomic mass is 10.2. The third-order valence-electron chi connectivity index (χ3n) is 3.14.